The number of benzene rings is 2. The van der Waals surface area contributed by atoms with E-state index in [1.54, 1.807) is 47.4 Å². The zero-order valence-electron chi connectivity index (χ0n) is 16.8. The van der Waals surface area contributed by atoms with Gasteiger partial charge in [-0.2, -0.15) is 4.31 Å². The Morgan fingerprint density at radius 3 is 2.20 bits per heavy atom. The molecule has 0 saturated carbocycles. The number of piperazine rings is 1. The van der Waals surface area contributed by atoms with Gasteiger partial charge < -0.3 is 9.80 Å². The Morgan fingerprint density at radius 2 is 1.53 bits per heavy atom. The third-order valence-electron chi connectivity index (χ3n) is 5.87. The number of nitrogens with zero attached hydrogens (tertiary/aromatic N) is 3. The van der Waals surface area contributed by atoms with Crippen LogP contribution in [0.3, 0.4) is 0 Å². The third-order valence-corrected chi connectivity index (χ3v) is 7.79. The lowest BCUT2D eigenvalue weighted by atomic mass is 10.0. The van der Waals surface area contributed by atoms with E-state index in [4.69, 9.17) is 0 Å². The highest BCUT2D eigenvalue weighted by Gasteiger charge is 2.39. The smallest absolute Gasteiger partial charge is 0.243 e. The maximum Gasteiger partial charge on any atom is 0.243 e. The first-order valence-corrected chi connectivity index (χ1v) is 11.8. The van der Waals surface area contributed by atoms with E-state index in [-0.39, 0.29) is 16.6 Å². The first-order chi connectivity index (χ1) is 14.5. The molecule has 160 valence electrons. The van der Waals surface area contributed by atoms with Crippen molar-refractivity contribution in [3.63, 3.8) is 0 Å². The second-order valence-corrected chi connectivity index (χ2v) is 9.62. The van der Waals surface area contributed by atoms with Crippen LogP contribution in [0, 0.1) is 5.82 Å². The van der Waals surface area contributed by atoms with E-state index < -0.39 is 16.1 Å². The summed E-state index contributed by atoms with van der Waals surface area (Å²) in [6.45, 7) is 2.67. The van der Waals surface area contributed by atoms with Crippen LogP contribution in [-0.4, -0.2) is 62.3 Å². The molecular weight excluding hydrogens is 405 g/mol. The van der Waals surface area contributed by atoms with Gasteiger partial charge in [-0.05, 0) is 49.2 Å². The van der Waals surface area contributed by atoms with Gasteiger partial charge in [0.1, 0.15) is 11.9 Å². The highest BCUT2D eigenvalue weighted by molar-refractivity contribution is 7.89. The van der Waals surface area contributed by atoms with Crippen LogP contribution in [0.25, 0.3) is 0 Å². The molecule has 0 aliphatic carbocycles. The van der Waals surface area contributed by atoms with Crippen LogP contribution < -0.4 is 4.90 Å². The Labute approximate surface area is 176 Å². The molecule has 2 aromatic carbocycles. The maximum absolute atomic E-state index is 13.3. The first-order valence-electron chi connectivity index (χ1n) is 10.3. The minimum atomic E-state index is -3.71. The summed E-state index contributed by atoms with van der Waals surface area (Å²) < 4.78 is 40.9. The minimum absolute atomic E-state index is 0.118. The van der Waals surface area contributed by atoms with Gasteiger partial charge in [-0.15, -0.1) is 0 Å². The molecule has 2 aliphatic heterocycles. The van der Waals surface area contributed by atoms with Gasteiger partial charge in [0, 0.05) is 38.4 Å². The van der Waals surface area contributed by atoms with Crippen LogP contribution in [-0.2, 0) is 14.8 Å². The molecule has 1 unspecified atom stereocenters. The van der Waals surface area contributed by atoms with E-state index in [2.05, 4.69) is 4.90 Å². The quantitative estimate of drug-likeness (QED) is 0.747. The lowest BCUT2D eigenvalue weighted by Crippen LogP contribution is -2.57. The largest absolute Gasteiger partial charge is 0.368 e. The van der Waals surface area contributed by atoms with E-state index in [1.807, 2.05) is 0 Å². The number of carbonyl (C=O) groups excluding carboxylic acids is 1. The normalized spacial score (nSPS) is 20.9. The fourth-order valence-corrected chi connectivity index (χ4v) is 5.89. The van der Waals surface area contributed by atoms with Gasteiger partial charge in [-0.3, -0.25) is 4.79 Å². The molecule has 0 N–H and O–H groups in total. The summed E-state index contributed by atoms with van der Waals surface area (Å²) in [7, 11) is -3.71. The second kappa shape index (κ2) is 8.73. The molecule has 30 heavy (non-hydrogen) atoms. The van der Waals surface area contributed by atoms with E-state index >= 15 is 0 Å². The molecular formula is C22H26FN3O3S. The summed E-state index contributed by atoms with van der Waals surface area (Å²) in [5, 5.41) is 0. The van der Waals surface area contributed by atoms with Crippen molar-refractivity contribution in [3.05, 3.63) is 60.4 Å². The van der Waals surface area contributed by atoms with Crippen molar-refractivity contribution in [2.24, 2.45) is 0 Å². The number of sulfonamides is 1. The molecule has 2 aliphatic rings. The Bertz CT molecular complexity index is 974. The number of anilines is 1. The summed E-state index contributed by atoms with van der Waals surface area (Å²) in [4.78, 5) is 17.4. The van der Waals surface area contributed by atoms with Crippen molar-refractivity contribution in [1.82, 2.24) is 9.21 Å². The fraction of sp³-hybridized carbons (Fsp3) is 0.409. The van der Waals surface area contributed by atoms with Crippen molar-refractivity contribution in [2.75, 3.05) is 37.6 Å². The number of hydrogen-bond acceptors (Lipinski definition) is 4. The van der Waals surface area contributed by atoms with Crippen LogP contribution in [0.1, 0.15) is 19.3 Å². The summed E-state index contributed by atoms with van der Waals surface area (Å²) in [5.74, 6) is -0.391. The van der Waals surface area contributed by atoms with Crippen LogP contribution >= 0.6 is 0 Å². The van der Waals surface area contributed by atoms with Crippen LogP contribution in [0.2, 0.25) is 0 Å². The molecule has 2 saturated heterocycles. The fourth-order valence-electron chi connectivity index (χ4n) is 4.22. The Hall–Kier alpha value is -2.45. The average Bonchev–Trinajstić information content (AvgIpc) is 2.80. The molecule has 0 aromatic heterocycles. The van der Waals surface area contributed by atoms with Gasteiger partial charge in [0.25, 0.3) is 0 Å². The summed E-state index contributed by atoms with van der Waals surface area (Å²) in [6.07, 6.45) is 2.14. The first kappa shape index (κ1) is 20.8. The summed E-state index contributed by atoms with van der Waals surface area (Å²) >= 11 is 0. The average molecular weight is 432 g/mol. The van der Waals surface area contributed by atoms with Crippen molar-refractivity contribution < 1.29 is 17.6 Å². The highest BCUT2D eigenvalue weighted by Crippen LogP contribution is 2.27. The van der Waals surface area contributed by atoms with Crippen molar-refractivity contribution in [1.29, 1.82) is 0 Å². The van der Waals surface area contributed by atoms with E-state index in [9.17, 15) is 17.6 Å². The van der Waals surface area contributed by atoms with Gasteiger partial charge in [0.2, 0.25) is 15.9 Å². The van der Waals surface area contributed by atoms with Gasteiger partial charge in [0.05, 0.1) is 4.90 Å². The topological polar surface area (TPSA) is 60.9 Å². The van der Waals surface area contributed by atoms with E-state index in [1.165, 1.54) is 16.4 Å². The lowest BCUT2D eigenvalue weighted by Gasteiger charge is -2.40. The van der Waals surface area contributed by atoms with E-state index in [0.717, 1.165) is 18.5 Å². The van der Waals surface area contributed by atoms with E-state index in [0.29, 0.717) is 39.1 Å². The molecule has 1 amide bonds. The van der Waals surface area contributed by atoms with Crippen molar-refractivity contribution in [3.8, 4) is 0 Å². The second-order valence-electron chi connectivity index (χ2n) is 7.73. The number of hydrogen-bond donors (Lipinski definition) is 0. The van der Waals surface area contributed by atoms with Gasteiger partial charge in [0.15, 0.2) is 0 Å². The van der Waals surface area contributed by atoms with Gasteiger partial charge in [-0.25, -0.2) is 12.8 Å². The number of carbonyl (C=O) groups is 1. The van der Waals surface area contributed by atoms with Crippen molar-refractivity contribution >= 4 is 21.6 Å². The number of amides is 1. The van der Waals surface area contributed by atoms with Gasteiger partial charge in [-0.1, -0.05) is 24.6 Å². The molecule has 2 heterocycles. The van der Waals surface area contributed by atoms with Crippen molar-refractivity contribution in [2.45, 2.75) is 30.2 Å². The van der Waals surface area contributed by atoms with Crippen LogP contribution in [0.5, 0.6) is 0 Å². The summed E-state index contributed by atoms with van der Waals surface area (Å²) in [6, 6.07) is 14.0. The number of piperidine rings is 1. The van der Waals surface area contributed by atoms with Crippen LogP contribution in [0.15, 0.2) is 59.5 Å². The highest BCUT2D eigenvalue weighted by atomic mass is 32.2. The molecule has 2 aromatic rings. The molecule has 1 atom stereocenters. The zero-order valence-corrected chi connectivity index (χ0v) is 17.6. The molecule has 0 radical (unpaired) electrons. The maximum atomic E-state index is 13.3. The third kappa shape index (κ3) is 4.20. The molecule has 0 bridgehead atoms. The SMILES string of the molecule is O=C(C1CCCCN1S(=O)(=O)c1ccccc1)N1CCN(c2ccc(F)cc2)CC1. The molecule has 4 rings (SSSR count). The number of halogens is 1. The predicted octanol–water partition coefficient (Wildman–Crippen LogP) is 2.72. The van der Waals surface area contributed by atoms with Crippen LogP contribution in [0.4, 0.5) is 10.1 Å². The minimum Gasteiger partial charge on any atom is -0.368 e. The molecule has 6 nitrogen and oxygen atoms in total. The Balaban J connectivity index is 1.46. The monoisotopic (exact) mass is 431 g/mol. The Kier molecular flexibility index (Phi) is 6.06. The molecule has 0 spiro atoms. The molecule has 2 fully saturated rings. The zero-order chi connectivity index (χ0) is 21.1. The molecule has 8 heteroatoms. The standard InChI is InChI=1S/C22H26FN3O3S/c23-18-9-11-19(12-10-18)24-14-16-25(17-15-24)22(27)21-8-4-5-13-26(21)30(28,29)20-6-2-1-3-7-20/h1-3,6-7,9-12,21H,4-5,8,13-17H2. The van der Waals surface area contributed by atoms with Gasteiger partial charge >= 0.3 is 0 Å². The Morgan fingerprint density at radius 1 is 0.867 bits per heavy atom. The predicted molar refractivity (Wildman–Crippen MR) is 113 cm³/mol. The lowest BCUT2D eigenvalue weighted by molar-refractivity contribution is -0.136. The number of rotatable bonds is 4. The summed E-state index contributed by atoms with van der Waals surface area (Å²) in [5.41, 5.74) is 0.925.